The summed E-state index contributed by atoms with van der Waals surface area (Å²) in [7, 11) is 0. The van der Waals surface area contributed by atoms with Gasteiger partial charge >= 0.3 is 0 Å². The summed E-state index contributed by atoms with van der Waals surface area (Å²) in [6, 6.07) is 41.4. The van der Waals surface area contributed by atoms with Crippen molar-refractivity contribution in [1.29, 1.82) is 0 Å². The van der Waals surface area contributed by atoms with Crippen molar-refractivity contribution in [2.24, 2.45) is 0 Å². The molecule has 0 unspecified atom stereocenters. The molecular formula is C31H19N3. The summed E-state index contributed by atoms with van der Waals surface area (Å²) in [5, 5.41) is 9.04. The standard InChI is InChI=1S/C31H19N3/c1-4-13-23-20(10-1)21-11-2-5-14-24(21)31(23)25-15-6-3-12-22(25)30-26(31)16-9-19-29(30)34-28-18-8-7-17-27(28)32-33-34/h1-19H. The van der Waals surface area contributed by atoms with Crippen molar-refractivity contribution in [3.8, 4) is 27.9 Å². The van der Waals surface area contributed by atoms with E-state index in [-0.39, 0.29) is 5.41 Å². The summed E-state index contributed by atoms with van der Waals surface area (Å²) in [6.07, 6.45) is 0. The lowest BCUT2D eigenvalue weighted by molar-refractivity contribution is 0.788. The number of aromatic nitrogens is 3. The molecule has 0 atom stereocenters. The molecule has 5 aromatic carbocycles. The summed E-state index contributed by atoms with van der Waals surface area (Å²) in [5.41, 5.74) is 13.1. The Morgan fingerprint density at radius 3 is 1.79 bits per heavy atom. The molecule has 34 heavy (non-hydrogen) atoms. The molecule has 0 saturated heterocycles. The van der Waals surface area contributed by atoms with E-state index in [0.717, 1.165) is 16.7 Å². The zero-order valence-electron chi connectivity index (χ0n) is 18.3. The van der Waals surface area contributed by atoms with Gasteiger partial charge in [0, 0.05) is 5.56 Å². The minimum Gasteiger partial charge on any atom is -0.212 e. The maximum atomic E-state index is 4.59. The second kappa shape index (κ2) is 6.30. The third-order valence-electron chi connectivity index (χ3n) is 7.58. The highest BCUT2D eigenvalue weighted by Crippen LogP contribution is 2.63. The van der Waals surface area contributed by atoms with Crippen LogP contribution in [0.25, 0.3) is 39.0 Å². The molecule has 3 nitrogen and oxygen atoms in total. The SMILES string of the molecule is c1ccc2c(c1)-c1ccccc1C21c2ccccc2-c2c(-n3nnc4ccccc43)cccc21. The van der Waals surface area contributed by atoms with Crippen LogP contribution >= 0.6 is 0 Å². The van der Waals surface area contributed by atoms with Crippen LogP contribution in [-0.4, -0.2) is 15.0 Å². The number of nitrogens with zero attached hydrogens (tertiary/aromatic N) is 3. The van der Waals surface area contributed by atoms with Gasteiger partial charge in [-0.1, -0.05) is 102 Å². The molecule has 1 aromatic heterocycles. The van der Waals surface area contributed by atoms with Gasteiger partial charge in [-0.2, -0.15) is 0 Å². The van der Waals surface area contributed by atoms with Crippen LogP contribution in [0.4, 0.5) is 0 Å². The summed E-state index contributed by atoms with van der Waals surface area (Å²) >= 11 is 0. The zero-order chi connectivity index (χ0) is 22.3. The second-order valence-electron chi connectivity index (χ2n) is 9.08. The lowest BCUT2D eigenvalue weighted by Gasteiger charge is -2.30. The van der Waals surface area contributed by atoms with Crippen molar-refractivity contribution in [1.82, 2.24) is 15.0 Å². The fourth-order valence-electron chi connectivity index (χ4n) is 6.35. The molecule has 6 aromatic rings. The first-order chi connectivity index (χ1) is 16.9. The van der Waals surface area contributed by atoms with Gasteiger partial charge in [0.1, 0.15) is 5.52 Å². The molecule has 0 aliphatic heterocycles. The Bertz CT molecular complexity index is 1730. The zero-order valence-corrected chi connectivity index (χ0v) is 18.3. The Morgan fingerprint density at radius 2 is 1.06 bits per heavy atom. The highest BCUT2D eigenvalue weighted by Gasteiger charge is 2.52. The van der Waals surface area contributed by atoms with Crippen molar-refractivity contribution in [3.05, 3.63) is 138 Å². The first-order valence-electron chi connectivity index (χ1n) is 11.6. The number of benzene rings is 5. The van der Waals surface area contributed by atoms with Crippen LogP contribution in [-0.2, 0) is 5.41 Å². The fraction of sp³-hybridized carbons (Fsp3) is 0.0323. The predicted octanol–water partition coefficient (Wildman–Crippen LogP) is 6.76. The highest BCUT2D eigenvalue weighted by molar-refractivity contribution is 5.97. The van der Waals surface area contributed by atoms with Crippen molar-refractivity contribution in [2.75, 3.05) is 0 Å². The number of hydrogen-bond donors (Lipinski definition) is 0. The van der Waals surface area contributed by atoms with E-state index >= 15 is 0 Å². The average Bonchev–Trinajstić information content (AvgIpc) is 3.56. The topological polar surface area (TPSA) is 30.7 Å². The van der Waals surface area contributed by atoms with Crippen molar-refractivity contribution < 1.29 is 0 Å². The minimum atomic E-state index is -0.342. The molecule has 3 heteroatoms. The summed E-state index contributed by atoms with van der Waals surface area (Å²) in [5.74, 6) is 0. The number of fused-ring (bicyclic) bond motifs is 11. The monoisotopic (exact) mass is 433 g/mol. The normalized spacial score (nSPS) is 14.1. The number of para-hydroxylation sites is 1. The number of rotatable bonds is 1. The molecule has 0 radical (unpaired) electrons. The van der Waals surface area contributed by atoms with Gasteiger partial charge in [-0.15, -0.1) is 5.10 Å². The van der Waals surface area contributed by atoms with Gasteiger partial charge in [0.15, 0.2) is 0 Å². The highest BCUT2D eigenvalue weighted by atomic mass is 15.4. The second-order valence-corrected chi connectivity index (χ2v) is 9.08. The third kappa shape index (κ3) is 1.99. The molecule has 0 bridgehead atoms. The summed E-state index contributed by atoms with van der Waals surface area (Å²) in [4.78, 5) is 0. The van der Waals surface area contributed by atoms with E-state index in [9.17, 15) is 0 Å². The Morgan fingerprint density at radius 1 is 0.500 bits per heavy atom. The molecule has 2 aliphatic rings. The first kappa shape index (κ1) is 18.0. The van der Waals surface area contributed by atoms with Gasteiger partial charge in [-0.25, -0.2) is 4.68 Å². The van der Waals surface area contributed by atoms with Crippen LogP contribution in [0.3, 0.4) is 0 Å². The van der Waals surface area contributed by atoms with Gasteiger partial charge in [0.2, 0.25) is 0 Å². The molecule has 2 aliphatic carbocycles. The van der Waals surface area contributed by atoms with E-state index in [0.29, 0.717) is 0 Å². The van der Waals surface area contributed by atoms with Crippen molar-refractivity contribution in [2.45, 2.75) is 5.41 Å². The van der Waals surface area contributed by atoms with Crippen LogP contribution in [0.15, 0.2) is 115 Å². The Balaban J connectivity index is 1.55. The van der Waals surface area contributed by atoms with E-state index in [1.165, 1.54) is 44.5 Å². The van der Waals surface area contributed by atoms with Gasteiger partial charge in [0.05, 0.1) is 16.6 Å². The Labute approximate surface area is 196 Å². The van der Waals surface area contributed by atoms with Crippen LogP contribution in [0.5, 0.6) is 0 Å². The molecule has 0 fully saturated rings. The van der Waals surface area contributed by atoms with E-state index in [1.807, 2.05) is 22.9 Å². The van der Waals surface area contributed by atoms with E-state index in [1.54, 1.807) is 0 Å². The largest absolute Gasteiger partial charge is 0.212 e. The third-order valence-corrected chi connectivity index (χ3v) is 7.58. The summed E-state index contributed by atoms with van der Waals surface area (Å²) in [6.45, 7) is 0. The van der Waals surface area contributed by atoms with Gasteiger partial charge in [-0.05, 0) is 57.1 Å². The molecule has 1 spiro atoms. The quantitative estimate of drug-likeness (QED) is 0.286. The van der Waals surface area contributed by atoms with Gasteiger partial charge in [0.25, 0.3) is 0 Å². The van der Waals surface area contributed by atoms with Crippen LogP contribution in [0, 0.1) is 0 Å². The smallest absolute Gasteiger partial charge is 0.113 e. The van der Waals surface area contributed by atoms with Crippen LogP contribution in [0.2, 0.25) is 0 Å². The molecule has 0 saturated carbocycles. The number of hydrogen-bond acceptors (Lipinski definition) is 2. The molecular weight excluding hydrogens is 414 g/mol. The van der Waals surface area contributed by atoms with Crippen molar-refractivity contribution >= 4 is 11.0 Å². The van der Waals surface area contributed by atoms with E-state index < -0.39 is 0 Å². The lowest BCUT2D eigenvalue weighted by atomic mass is 9.70. The Kier molecular flexibility index (Phi) is 3.33. The maximum absolute atomic E-state index is 4.59. The molecule has 0 amide bonds. The minimum absolute atomic E-state index is 0.342. The predicted molar refractivity (Wildman–Crippen MR) is 135 cm³/mol. The Hall–Kier alpha value is -4.50. The van der Waals surface area contributed by atoms with Gasteiger partial charge in [-0.3, -0.25) is 0 Å². The molecule has 158 valence electrons. The van der Waals surface area contributed by atoms with Crippen LogP contribution < -0.4 is 0 Å². The first-order valence-corrected chi connectivity index (χ1v) is 11.6. The fourth-order valence-corrected chi connectivity index (χ4v) is 6.35. The maximum Gasteiger partial charge on any atom is 0.113 e. The summed E-state index contributed by atoms with van der Waals surface area (Å²) < 4.78 is 2.00. The molecule has 0 N–H and O–H groups in total. The van der Waals surface area contributed by atoms with E-state index in [2.05, 4.69) is 107 Å². The average molecular weight is 434 g/mol. The van der Waals surface area contributed by atoms with Crippen LogP contribution in [0.1, 0.15) is 22.3 Å². The van der Waals surface area contributed by atoms with Crippen molar-refractivity contribution in [3.63, 3.8) is 0 Å². The molecule has 1 heterocycles. The lowest BCUT2D eigenvalue weighted by Crippen LogP contribution is -2.25. The van der Waals surface area contributed by atoms with Gasteiger partial charge < -0.3 is 0 Å². The van der Waals surface area contributed by atoms with E-state index in [4.69, 9.17) is 0 Å². The molecule has 8 rings (SSSR count).